The summed E-state index contributed by atoms with van der Waals surface area (Å²) in [5.41, 5.74) is 10.0. The van der Waals surface area contributed by atoms with E-state index in [-0.39, 0.29) is 17.0 Å². The molecule has 0 aromatic heterocycles. The zero-order valence-corrected chi connectivity index (χ0v) is 8.19. The Morgan fingerprint density at radius 3 is 2.47 bits per heavy atom. The Morgan fingerprint density at radius 2 is 2.00 bits per heavy atom. The van der Waals surface area contributed by atoms with Crippen molar-refractivity contribution in [1.82, 2.24) is 0 Å². The number of primary amides is 1. The van der Waals surface area contributed by atoms with E-state index >= 15 is 0 Å². The van der Waals surface area contributed by atoms with Crippen molar-refractivity contribution in [2.24, 2.45) is 5.73 Å². The number of carbonyl (C=O) groups excluding carboxylic acids is 1. The van der Waals surface area contributed by atoms with Crippen LogP contribution < -0.4 is 15.7 Å². The lowest BCUT2D eigenvalue weighted by Crippen LogP contribution is -2.15. The fourth-order valence-electron chi connectivity index (χ4n) is 0.945. The average Bonchev–Trinajstić information content (AvgIpc) is 2.05. The fourth-order valence-corrected chi connectivity index (χ4v) is 1.32. The lowest BCUT2D eigenvalue weighted by Gasteiger charge is -2.07. The molecule has 1 aromatic carbocycles. The van der Waals surface area contributed by atoms with E-state index in [2.05, 4.69) is 4.18 Å². The first-order chi connectivity index (χ1) is 6.81. The number of hydrogen-bond donors (Lipinski definition) is 3. The van der Waals surface area contributed by atoms with Crippen molar-refractivity contribution >= 4 is 22.0 Å². The molecule has 0 atom stereocenters. The molecule has 0 aliphatic carbocycles. The maximum absolute atomic E-state index is 10.8. The van der Waals surface area contributed by atoms with Crippen molar-refractivity contribution in [1.29, 1.82) is 0 Å². The molecule has 0 radical (unpaired) electrons. The normalized spacial score (nSPS) is 11.0. The summed E-state index contributed by atoms with van der Waals surface area (Å²) in [6.07, 6.45) is 0. The molecule has 8 heteroatoms. The van der Waals surface area contributed by atoms with Crippen molar-refractivity contribution in [3.8, 4) is 5.75 Å². The molecule has 7 nitrogen and oxygen atoms in total. The number of hydrogen-bond acceptors (Lipinski definition) is 5. The number of amides is 1. The predicted molar refractivity (Wildman–Crippen MR) is 51.5 cm³/mol. The molecule has 0 spiro atoms. The molecular formula is C7H8N2O5S. The van der Waals surface area contributed by atoms with E-state index in [4.69, 9.17) is 16.0 Å². The zero-order valence-electron chi connectivity index (χ0n) is 7.38. The number of rotatable bonds is 3. The van der Waals surface area contributed by atoms with Gasteiger partial charge in [0.15, 0.2) is 5.75 Å². The molecule has 0 aliphatic heterocycles. The Labute approximate surface area is 85.6 Å². The summed E-state index contributed by atoms with van der Waals surface area (Å²) in [6, 6.07) is 3.79. The first-order valence-corrected chi connectivity index (χ1v) is 5.03. The SMILES string of the molecule is NC(=O)c1cccc(OS(=O)(=O)O)c1N. The maximum atomic E-state index is 10.8. The molecule has 15 heavy (non-hydrogen) atoms. The third-order valence-corrected chi connectivity index (χ3v) is 1.92. The van der Waals surface area contributed by atoms with E-state index in [9.17, 15) is 13.2 Å². The Balaban J connectivity index is 3.22. The second-order valence-corrected chi connectivity index (χ2v) is 3.61. The highest BCUT2D eigenvalue weighted by Crippen LogP contribution is 2.25. The van der Waals surface area contributed by atoms with E-state index in [1.807, 2.05) is 0 Å². The van der Waals surface area contributed by atoms with E-state index in [0.29, 0.717) is 0 Å². The van der Waals surface area contributed by atoms with E-state index in [0.717, 1.165) is 0 Å². The van der Waals surface area contributed by atoms with Crippen LogP contribution in [-0.2, 0) is 10.4 Å². The molecule has 1 amide bonds. The van der Waals surface area contributed by atoms with Gasteiger partial charge in [0.25, 0.3) is 5.91 Å². The number of benzene rings is 1. The molecule has 0 saturated heterocycles. The van der Waals surface area contributed by atoms with Gasteiger partial charge in [-0.05, 0) is 12.1 Å². The maximum Gasteiger partial charge on any atom is 0.446 e. The van der Waals surface area contributed by atoms with Crippen molar-refractivity contribution < 1.29 is 21.9 Å². The van der Waals surface area contributed by atoms with Crippen molar-refractivity contribution in [2.75, 3.05) is 5.73 Å². The summed E-state index contributed by atoms with van der Waals surface area (Å²) in [5, 5.41) is 0. The molecule has 1 rings (SSSR count). The Hall–Kier alpha value is -1.80. The van der Waals surface area contributed by atoms with Crippen LogP contribution in [0.4, 0.5) is 5.69 Å². The zero-order chi connectivity index (χ0) is 11.6. The highest BCUT2D eigenvalue weighted by molar-refractivity contribution is 7.81. The van der Waals surface area contributed by atoms with Gasteiger partial charge in [-0.15, -0.1) is 0 Å². The Morgan fingerprint density at radius 1 is 1.40 bits per heavy atom. The van der Waals surface area contributed by atoms with Gasteiger partial charge in [-0.2, -0.15) is 8.42 Å². The summed E-state index contributed by atoms with van der Waals surface area (Å²) < 4.78 is 33.3. The number of carbonyl (C=O) groups is 1. The van der Waals surface area contributed by atoms with Crippen LogP contribution in [0.5, 0.6) is 5.75 Å². The monoisotopic (exact) mass is 232 g/mol. The first kappa shape index (κ1) is 11.3. The molecule has 0 heterocycles. The molecule has 0 saturated carbocycles. The summed E-state index contributed by atoms with van der Waals surface area (Å²) in [4.78, 5) is 10.8. The summed E-state index contributed by atoms with van der Waals surface area (Å²) in [5.74, 6) is -1.18. The van der Waals surface area contributed by atoms with Gasteiger partial charge in [0, 0.05) is 0 Å². The minimum Gasteiger partial charge on any atom is -0.395 e. The van der Waals surface area contributed by atoms with Gasteiger partial charge in [-0.25, -0.2) is 0 Å². The van der Waals surface area contributed by atoms with Gasteiger partial charge in [-0.1, -0.05) is 6.07 Å². The summed E-state index contributed by atoms with van der Waals surface area (Å²) in [7, 11) is -4.67. The van der Waals surface area contributed by atoms with Crippen molar-refractivity contribution in [3.05, 3.63) is 23.8 Å². The smallest absolute Gasteiger partial charge is 0.395 e. The second kappa shape index (κ2) is 3.75. The first-order valence-electron chi connectivity index (χ1n) is 3.66. The van der Waals surface area contributed by atoms with Gasteiger partial charge >= 0.3 is 10.4 Å². The van der Waals surface area contributed by atoms with Crippen LogP contribution in [0.25, 0.3) is 0 Å². The average molecular weight is 232 g/mol. The quantitative estimate of drug-likeness (QED) is 0.477. The van der Waals surface area contributed by atoms with Crippen LogP contribution in [0.3, 0.4) is 0 Å². The minimum absolute atomic E-state index is 0.0869. The molecule has 82 valence electrons. The number of nitrogen functional groups attached to an aromatic ring is 1. The molecule has 0 unspecified atom stereocenters. The van der Waals surface area contributed by atoms with Crippen molar-refractivity contribution in [3.63, 3.8) is 0 Å². The van der Waals surface area contributed by atoms with Gasteiger partial charge in [0.2, 0.25) is 0 Å². The van der Waals surface area contributed by atoms with Crippen molar-refractivity contribution in [2.45, 2.75) is 0 Å². The van der Waals surface area contributed by atoms with Crippen LogP contribution in [0.1, 0.15) is 10.4 Å². The van der Waals surface area contributed by atoms with E-state index in [1.165, 1.54) is 18.2 Å². The molecule has 0 aliphatic rings. The molecular weight excluding hydrogens is 224 g/mol. The van der Waals surface area contributed by atoms with Crippen LogP contribution in [0.15, 0.2) is 18.2 Å². The summed E-state index contributed by atoms with van der Waals surface area (Å²) >= 11 is 0. The third-order valence-electron chi connectivity index (χ3n) is 1.53. The highest BCUT2D eigenvalue weighted by Gasteiger charge is 2.14. The van der Waals surface area contributed by atoms with Crippen LogP contribution >= 0.6 is 0 Å². The van der Waals surface area contributed by atoms with Gasteiger partial charge < -0.3 is 15.7 Å². The topological polar surface area (TPSA) is 133 Å². The third kappa shape index (κ3) is 2.82. The minimum atomic E-state index is -4.67. The summed E-state index contributed by atoms with van der Waals surface area (Å²) in [6.45, 7) is 0. The van der Waals surface area contributed by atoms with Crippen LogP contribution in [0.2, 0.25) is 0 Å². The van der Waals surface area contributed by atoms with E-state index < -0.39 is 16.3 Å². The Kier molecular flexibility index (Phi) is 2.82. The van der Waals surface area contributed by atoms with Crippen LogP contribution in [-0.4, -0.2) is 18.9 Å². The number of nitrogens with two attached hydrogens (primary N) is 2. The standard InChI is InChI=1S/C7H8N2O5S/c8-6-4(7(9)10)2-1-3-5(6)14-15(11,12)13/h1-3H,8H2,(H2,9,10)(H,11,12,13). The lowest BCUT2D eigenvalue weighted by molar-refractivity contribution is 0.100. The second-order valence-electron chi connectivity index (χ2n) is 2.59. The van der Waals surface area contributed by atoms with Gasteiger partial charge in [-0.3, -0.25) is 9.35 Å². The largest absolute Gasteiger partial charge is 0.446 e. The van der Waals surface area contributed by atoms with Gasteiger partial charge in [0.1, 0.15) is 0 Å². The molecule has 0 bridgehead atoms. The molecule has 1 aromatic rings. The predicted octanol–water partition coefficient (Wildman–Crippen LogP) is -0.451. The molecule has 0 fully saturated rings. The highest BCUT2D eigenvalue weighted by atomic mass is 32.3. The van der Waals surface area contributed by atoms with E-state index in [1.54, 1.807) is 0 Å². The number of para-hydroxylation sites is 1. The van der Waals surface area contributed by atoms with Gasteiger partial charge in [0.05, 0.1) is 11.3 Å². The lowest BCUT2D eigenvalue weighted by atomic mass is 10.1. The Bertz CT molecular complexity index is 496. The fraction of sp³-hybridized carbons (Fsp3) is 0. The molecule has 5 N–H and O–H groups in total. The number of anilines is 1. The van der Waals surface area contributed by atoms with Crippen LogP contribution in [0, 0.1) is 0 Å².